The number of ether oxygens (including phenoxy) is 18. The highest BCUT2D eigenvalue weighted by Crippen LogP contribution is 2.45. The zero-order valence-corrected chi connectivity index (χ0v) is 57.5. The molecule has 0 bridgehead atoms. The van der Waals surface area contributed by atoms with Crippen LogP contribution in [0.15, 0.2) is 0 Å². The van der Waals surface area contributed by atoms with E-state index < -0.39 is 194 Å². The molecule has 526 valence electrons. The van der Waals surface area contributed by atoms with Crippen LogP contribution >= 0.6 is 0 Å². The maximum absolute atomic E-state index is 13.7. The first-order chi connectivity index (χ1) is 43.1. The fraction of sp³-hybridized carbons (Fsp3) is 0.877. The van der Waals surface area contributed by atoms with E-state index in [0.717, 1.165) is 0 Å². The maximum Gasteiger partial charge on any atom is 0.303 e. The van der Waals surface area contributed by atoms with Gasteiger partial charge in [0.25, 0.3) is 0 Å². The fourth-order valence-electron chi connectivity index (χ4n) is 13.5. The predicted octanol–water partition coefficient (Wildman–Crippen LogP) is 5.52. The molecule has 0 aliphatic carbocycles. The van der Waals surface area contributed by atoms with Gasteiger partial charge in [-0.15, -0.1) is 0 Å². The van der Waals surface area contributed by atoms with Crippen LogP contribution in [-0.4, -0.2) is 204 Å². The summed E-state index contributed by atoms with van der Waals surface area (Å²) in [6.07, 6.45) is -17.9. The number of esters is 7. The van der Waals surface area contributed by atoms with E-state index in [1.807, 2.05) is 41.5 Å². The first-order valence-electron chi connectivity index (χ1n) is 32.6. The van der Waals surface area contributed by atoms with E-state index in [0.29, 0.717) is 0 Å². The fourth-order valence-corrected chi connectivity index (χ4v) is 13.5. The van der Waals surface area contributed by atoms with E-state index in [2.05, 4.69) is 33.0 Å². The number of amides is 1. The molecule has 1 N–H and O–H groups in total. The molecule has 6 saturated heterocycles. The van der Waals surface area contributed by atoms with Gasteiger partial charge in [-0.05, 0) is 42.4 Å². The van der Waals surface area contributed by atoms with Crippen LogP contribution in [0, 0.1) is 65.1 Å². The monoisotopic (exact) mass is 1320 g/mol. The highest BCUT2D eigenvalue weighted by molar-refractivity contribution is 5.73. The molecule has 0 radical (unpaired) electrons. The van der Waals surface area contributed by atoms with Gasteiger partial charge < -0.3 is 90.6 Å². The molecular formula is C65H105NO26. The smallest absolute Gasteiger partial charge is 0.303 e. The second-order valence-electron chi connectivity index (χ2n) is 26.7. The second-order valence-corrected chi connectivity index (χ2v) is 26.7. The molecule has 92 heavy (non-hydrogen) atoms. The Morgan fingerprint density at radius 2 is 0.674 bits per heavy atom. The van der Waals surface area contributed by atoms with Crippen LogP contribution in [0.2, 0.25) is 0 Å². The van der Waals surface area contributed by atoms with Crippen LogP contribution in [0.1, 0.15) is 145 Å². The van der Waals surface area contributed by atoms with Crippen LogP contribution < -0.4 is 5.32 Å². The number of hydrogen-bond acceptors (Lipinski definition) is 26. The van der Waals surface area contributed by atoms with Crippen molar-refractivity contribution in [1.82, 2.24) is 5.32 Å². The summed E-state index contributed by atoms with van der Waals surface area (Å²) < 4.78 is 115. The molecule has 0 aromatic carbocycles. The van der Waals surface area contributed by atoms with Crippen LogP contribution in [0.3, 0.4) is 0 Å². The van der Waals surface area contributed by atoms with Gasteiger partial charge >= 0.3 is 41.8 Å². The van der Waals surface area contributed by atoms with Gasteiger partial charge in [0.05, 0.1) is 54.9 Å². The van der Waals surface area contributed by atoms with Crippen LogP contribution in [-0.2, 0) is 124 Å². The van der Waals surface area contributed by atoms with Crippen LogP contribution in [0.25, 0.3) is 0 Å². The van der Waals surface area contributed by atoms with Crippen molar-refractivity contribution in [2.24, 2.45) is 65.1 Å². The maximum atomic E-state index is 13.7. The summed E-state index contributed by atoms with van der Waals surface area (Å²) in [5.74, 6) is -8.60. The Kier molecular flexibility index (Phi) is 28.1. The Hall–Kier alpha value is -4.68. The van der Waals surface area contributed by atoms with Crippen molar-refractivity contribution in [3.05, 3.63) is 0 Å². The number of nitrogens with one attached hydrogen (secondary N) is 1. The minimum Gasteiger partial charge on any atom is -0.463 e. The Morgan fingerprint density at radius 1 is 0.315 bits per heavy atom. The number of rotatable bonds is 24. The molecule has 6 rings (SSSR count). The molecule has 27 nitrogen and oxygen atoms in total. The summed E-state index contributed by atoms with van der Waals surface area (Å²) in [6, 6.07) is -1.19. The van der Waals surface area contributed by atoms with Crippen molar-refractivity contribution < 1.29 is 124 Å². The average Bonchev–Trinajstić information content (AvgIpc) is 0.792. The Morgan fingerprint density at radius 3 is 1.15 bits per heavy atom. The molecular weight excluding hydrogens is 1210 g/mol. The van der Waals surface area contributed by atoms with E-state index in [-0.39, 0.29) is 74.6 Å². The highest BCUT2D eigenvalue weighted by Gasteiger charge is 2.57. The molecule has 6 aliphatic rings. The van der Waals surface area contributed by atoms with Gasteiger partial charge in [0, 0.05) is 85.0 Å². The first kappa shape index (κ1) is 76.3. The summed E-state index contributed by atoms with van der Waals surface area (Å²) in [5, 5.41) is 3.02. The topological polar surface area (TPSA) is 315 Å². The summed E-state index contributed by atoms with van der Waals surface area (Å²) in [6.45, 7) is 34.3. The molecule has 0 saturated carbocycles. The predicted molar refractivity (Wildman–Crippen MR) is 320 cm³/mol. The number of carbonyl (C=O) groups excluding carboxylic acids is 8. The van der Waals surface area contributed by atoms with E-state index in [1.54, 1.807) is 20.8 Å². The lowest BCUT2D eigenvalue weighted by molar-refractivity contribution is -0.374. The standard InChI is InChI=1S/C65H105NO26/c1-27(2)53-30(5)31(6)55(50(83-53)25-78-43(18)71)89-61-33(8)32(7)56(51(87-61)26-79-44(19)72)90-62-37(12)54(35(10)48(84-62)23-76-41(16)69)88-63-52(66-39(14)67)57(36(11)49(85-63)24-77-42(17)70)91-64-59(29(4)28(3)47(86-64)22-75-40(15)68)92-65-60(82-46(21)74)58(81-45(20)73)34(9)38(13)80-65/h27-38,47-65H,22-26H2,1-21H3,(H,66,67)/t28-,29+,30?,31-,32-,33?,34?,35+,36+,37?,38?,47?,48?,49?,50?,51?,52?,53+,54+,55+,56-,57+,58+,59?,60?,61+,62-,63+,64+,65+/m1/s1. The molecule has 0 spiro atoms. The molecule has 0 aromatic heterocycles. The summed E-state index contributed by atoms with van der Waals surface area (Å²) in [5.41, 5.74) is 0. The summed E-state index contributed by atoms with van der Waals surface area (Å²) >= 11 is 0. The summed E-state index contributed by atoms with van der Waals surface area (Å²) in [7, 11) is 0. The van der Waals surface area contributed by atoms with Gasteiger partial charge in [0.2, 0.25) is 5.91 Å². The van der Waals surface area contributed by atoms with Crippen molar-refractivity contribution in [3.8, 4) is 0 Å². The molecule has 13 unspecified atom stereocenters. The van der Waals surface area contributed by atoms with Crippen molar-refractivity contribution in [1.29, 1.82) is 0 Å². The third-order valence-corrected chi connectivity index (χ3v) is 19.5. The second kappa shape index (κ2) is 33.8. The van der Waals surface area contributed by atoms with Gasteiger partial charge in [-0.2, -0.15) is 0 Å². The van der Waals surface area contributed by atoms with Gasteiger partial charge in [-0.25, -0.2) is 0 Å². The molecule has 0 aromatic rings. The SMILES string of the molecule is CC(=O)NC1[C@H](O[C@@H]2C(C)[C@@H](O[C@H]3C(COC(C)=O)O[C@@H](O[C@@H]4C(COC(C)=O)O[C@@H](C(C)C)C(C)[C@H]4C)C(C)[C@H]3C)OC(COC(C)=O)[C@@H]2C)OC(COC(C)=O)[C@H](C)[C@@H]1O[C@@H]1OC(COC(C)=O)[C@H](C)[C@H](C)C1O[C@@H]1OC(C)C(C)[C@H](OC(C)=O)C1OC(C)=O. The van der Waals surface area contributed by atoms with Gasteiger partial charge in [-0.3, -0.25) is 38.4 Å². The highest BCUT2D eigenvalue weighted by atomic mass is 16.8. The van der Waals surface area contributed by atoms with Gasteiger partial charge in [-0.1, -0.05) is 83.1 Å². The molecule has 6 heterocycles. The Bertz CT molecular complexity index is 2480. The van der Waals surface area contributed by atoms with E-state index >= 15 is 0 Å². The summed E-state index contributed by atoms with van der Waals surface area (Å²) in [4.78, 5) is 101. The molecule has 30 atom stereocenters. The quantitative estimate of drug-likeness (QED) is 0.0917. The third-order valence-electron chi connectivity index (χ3n) is 19.5. The van der Waals surface area contributed by atoms with Crippen molar-refractivity contribution in [2.75, 3.05) is 33.0 Å². The van der Waals surface area contributed by atoms with Crippen molar-refractivity contribution in [2.45, 2.75) is 268 Å². The van der Waals surface area contributed by atoms with Gasteiger partial charge in [0.15, 0.2) is 37.6 Å². The minimum atomic E-state index is -1.41. The van der Waals surface area contributed by atoms with Crippen molar-refractivity contribution >= 4 is 47.7 Å². The Balaban J connectivity index is 1.37. The molecule has 6 aliphatic heterocycles. The van der Waals surface area contributed by atoms with Crippen LogP contribution in [0.5, 0.6) is 0 Å². The number of hydrogen-bond donors (Lipinski definition) is 1. The lowest BCUT2D eigenvalue weighted by atomic mass is 9.77. The molecule has 1 amide bonds. The number of carbonyl (C=O) groups is 8. The van der Waals surface area contributed by atoms with E-state index in [4.69, 9.17) is 85.3 Å². The third kappa shape index (κ3) is 19.5. The lowest BCUT2D eigenvalue weighted by Gasteiger charge is -2.53. The van der Waals surface area contributed by atoms with Gasteiger partial charge in [0.1, 0.15) is 63.5 Å². The lowest BCUT2D eigenvalue weighted by Crippen LogP contribution is -2.67. The normalized spacial score (nSPS) is 41.5. The van der Waals surface area contributed by atoms with Crippen molar-refractivity contribution in [3.63, 3.8) is 0 Å². The van der Waals surface area contributed by atoms with Crippen LogP contribution in [0.4, 0.5) is 0 Å². The van der Waals surface area contributed by atoms with E-state index in [1.165, 1.54) is 55.4 Å². The van der Waals surface area contributed by atoms with E-state index in [9.17, 15) is 38.4 Å². The molecule has 27 heteroatoms. The largest absolute Gasteiger partial charge is 0.463 e. The minimum absolute atomic E-state index is 0.0383. The Labute approximate surface area is 541 Å². The zero-order valence-electron chi connectivity index (χ0n) is 57.5. The average molecular weight is 1320 g/mol. The zero-order chi connectivity index (χ0) is 68.5. The molecule has 6 fully saturated rings. The first-order valence-corrected chi connectivity index (χ1v) is 32.6.